The Morgan fingerprint density at radius 2 is 2.08 bits per heavy atom. The Hall–Kier alpha value is 0.270. The van der Waals surface area contributed by atoms with E-state index in [9.17, 15) is 0 Å². The molecule has 13 heavy (non-hydrogen) atoms. The largest absolute Gasteiger partial charge is 0.363 e. The van der Waals surface area contributed by atoms with E-state index >= 15 is 0 Å². The van der Waals surface area contributed by atoms with Gasteiger partial charge in [0.1, 0.15) is 6.23 Å². The Bertz CT molecular complexity index is 151. The Balaban J connectivity index is 1.79. The number of thioether (sulfide) groups is 1. The molecule has 2 aliphatic rings. The first-order valence-corrected chi connectivity index (χ1v) is 6.44. The molecule has 0 aliphatic carbocycles. The standard InChI is InChI=1S/C10H19NOS/c1-8-6-11-10(12-7-8)9-2-4-13-5-3-9/h8-11H,2-7H2,1H3. The zero-order valence-electron chi connectivity index (χ0n) is 8.29. The molecule has 0 amide bonds. The molecule has 0 aromatic heterocycles. The fraction of sp³-hybridized carbons (Fsp3) is 1.00. The second kappa shape index (κ2) is 4.67. The molecule has 3 heteroatoms. The van der Waals surface area contributed by atoms with Crippen LogP contribution in [0.15, 0.2) is 0 Å². The average molecular weight is 201 g/mol. The van der Waals surface area contributed by atoms with Gasteiger partial charge in [-0.2, -0.15) is 11.8 Å². The molecule has 2 fully saturated rings. The van der Waals surface area contributed by atoms with E-state index in [1.807, 2.05) is 0 Å². The van der Waals surface area contributed by atoms with Crippen LogP contribution in [0.25, 0.3) is 0 Å². The van der Waals surface area contributed by atoms with Gasteiger partial charge in [-0.1, -0.05) is 6.92 Å². The molecule has 2 unspecified atom stereocenters. The van der Waals surface area contributed by atoms with E-state index in [0.717, 1.165) is 19.1 Å². The minimum atomic E-state index is 0.358. The first-order chi connectivity index (χ1) is 6.36. The highest BCUT2D eigenvalue weighted by Gasteiger charge is 2.27. The molecule has 2 rings (SSSR count). The van der Waals surface area contributed by atoms with E-state index in [2.05, 4.69) is 24.0 Å². The summed E-state index contributed by atoms with van der Waals surface area (Å²) in [6, 6.07) is 0. The van der Waals surface area contributed by atoms with Crippen LogP contribution in [-0.4, -0.2) is 30.9 Å². The van der Waals surface area contributed by atoms with Gasteiger partial charge in [0.05, 0.1) is 6.61 Å². The second-order valence-electron chi connectivity index (χ2n) is 4.22. The van der Waals surface area contributed by atoms with Crippen LogP contribution in [0.4, 0.5) is 0 Å². The second-order valence-corrected chi connectivity index (χ2v) is 5.44. The van der Waals surface area contributed by atoms with Crippen LogP contribution in [0.1, 0.15) is 19.8 Å². The van der Waals surface area contributed by atoms with Crippen molar-refractivity contribution in [3.05, 3.63) is 0 Å². The summed E-state index contributed by atoms with van der Waals surface area (Å²) in [6.07, 6.45) is 3.02. The van der Waals surface area contributed by atoms with Crippen LogP contribution < -0.4 is 5.32 Å². The summed E-state index contributed by atoms with van der Waals surface area (Å²) in [4.78, 5) is 0. The van der Waals surface area contributed by atoms with Crippen molar-refractivity contribution in [2.75, 3.05) is 24.7 Å². The molecule has 2 aliphatic heterocycles. The van der Waals surface area contributed by atoms with E-state index < -0.39 is 0 Å². The van der Waals surface area contributed by atoms with Gasteiger partial charge < -0.3 is 4.74 Å². The molecule has 0 saturated carbocycles. The summed E-state index contributed by atoms with van der Waals surface area (Å²) in [5, 5.41) is 3.51. The SMILES string of the molecule is CC1CNC(C2CCSCC2)OC1. The maximum absolute atomic E-state index is 5.81. The van der Waals surface area contributed by atoms with Crippen molar-refractivity contribution >= 4 is 11.8 Å². The lowest BCUT2D eigenvalue weighted by molar-refractivity contribution is -0.0581. The summed E-state index contributed by atoms with van der Waals surface area (Å²) in [7, 11) is 0. The minimum absolute atomic E-state index is 0.358. The fourth-order valence-corrected chi connectivity index (χ4v) is 3.17. The van der Waals surface area contributed by atoms with Gasteiger partial charge in [0.2, 0.25) is 0 Å². The lowest BCUT2D eigenvalue weighted by Crippen LogP contribution is -2.47. The molecule has 0 aromatic carbocycles. The average Bonchev–Trinajstić information content (AvgIpc) is 2.20. The summed E-state index contributed by atoms with van der Waals surface area (Å²) in [5.41, 5.74) is 0. The molecule has 0 bridgehead atoms. The Kier molecular flexibility index (Phi) is 3.52. The van der Waals surface area contributed by atoms with E-state index in [1.165, 1.54) is 24.3 Å². The third-order valence-electron chi connectivity index (χ3n) is 2.92. The minimum Gasteiger partial charge on any atom is -0.363 e. The first-order valence-electron chi connectivity index (χ1n) is 5.29. The van der Waals surface area contributed by atoms with Crippen molar-refractivity contribution in [1.29, 1.82) is 0 Å². The molecule has 2 heterocycles. The van der Waals surface area contributed by atoms with E-state index in [1.54, 1.807) is 0 Å². The van der Waals surface area contributed by atoms with Crippen molar-refractivity contribution < 1.29 is 4.74 Å². The number of nitrogens with one attached hydrogen (secondary N) is 1. The monoisotopic (exact) mass is 201 g/mol. The fourth-order valence-electron chi connectivity index (χ4n) is 2.02. The molecule has 0 radical (unpaired) electrons. The lowest BCUT2D eigenvalue weighted by Gasteiger charge is -2.35. The summed E-state index contributed by atoms with van der Waals surface area (Å²) in [5.74, 6) is 4.10. The molecule has 2 atom stereocenters. The van der Waals surface area contributed by atoms with Crippen LogP contribution >= 0.6 is 11.8 Å². The normalized spacial score (nSPS) is 37.6. The van der Waals surface area contributed by atoms with Crippen molar-refractivity contribution in [2.24, 2.45) is 11.8 Å². The smallest absolute Gasteiger partial charge is 0.111 e. The van der Waals surface area contributed by atoms with Gasteiger partial charge in [-0.3, -0.25) is 5.32 Å². The van der Waals surface area contributed by atoms with Crippen molar-refractivity contribution in [3.63, 3.8) is 0 Å². The third-order valence-corrected chi connectivity index (χ3v) is 3.97. The van der Waals surface area contributed by atoms with Gasteiger partial charge >= 0.3 is 0 Å². The van der Waals surface area contributed by atoms with Crippen molar-refractivity contribution in [1.82, 2.24) is 5.32 Å². The van der Waals surface area contributed by atoms with E-state index in [-0.39, 0.29) is 0 Å². The molecule has 0 aromatic rings. The van der Waals surface area contributed by atoms with E-state index in [4.69, 9.17) is 4.74 Å². The predicted octanol–water partition coefficient (Wildman–Crippen LogP) is 1.71. The number of hydrogen-bond donors (Lipinski definition) is 1. The highest BCUT2D eigenvalue weighted by molar-refractivity contribution is 7.99. The molecular weight excluding hydrogens is 182 g/mol. The molecule has 0 spiro atoms. The number of ether oxygens (including phenoxy) is 1. The molecule has 2 nitrogen and oxygen atoms in total. The zero-order chi connectivity index (χ0) is 9.10. The quantitative estimate of drug-likeness (QED) is 0.698. The highest BCUT2D eigenvalue weighted by Crippen LogP contribution is 2.27. The van der Waals surface area contributed by atoms with Gasteiger partial charge in [0.25, 0.3) is 0 Å². The van der Waals surface area contributed by atoms with Gasteiger partial charge in [-0.25, -0.2) is 0 Å². The highest BCUT2D eigenvalue weighted by atomic mass is 32.2. The first kappa shape index (κ1) is 9.81. The summed E-state index contributed by atoms with van der Waals surface area (Å²) >= 11 is 2.08. The third kappa shape index (κ3) is 2.61. The lowest BCUT2D eigenvalue weighted by atomic mass is 9.99. The maximum atomic E-state index is 5.81. The van der Waals surface area contributed by atoms with Crippen LogP contribution in [0.3, 0.4) is 0 Å². The van der Waals surface area contributed by atoms with Crippen LogP contribution in [0.2, 0.25) is 0 Å². The summed E-state index contributed by atoms with van der Waals surface area (Å²) < 4.78 is 5.81. The molecule has 1 N–H and O–H groups in total. The zero-order valence-corrected chi connectivity index (χ0v) is 9.11. The summed E-state index contributed by atoms with van der Waals surface area (Å²) in [6.45, 7) is 4.32. The van der Waals surface area contributed by atoms with Gasteiger partial charge in [0.15, 0.2) is 0 Å². The van der Waals surface area contributed by atoms with Crippen LogP contribution in [0.5, 0.6) is 0 Å². The molecule has 76 valence electrons. The Morgan fingerprint density at radius 1 is 1.31 bits per heavy atom. The Morgan fingerprint density at radius 3 is 2.69 bits per heavy atom. The van der Waals surface area contributed by atoms with Crippen LogP contribution in [-0.2, 0) is 4.74 Å². The topological polar surface area (TPSA) is 21.3 Å². The molecular formula is C10H19NOS. The van der Waals surface area contributed by atoms with Crippen molar-refractivity contribution in [3.8, 4) is 0 Å². The van der Waals surface area contributed by atoms with Gasteiger partial charge in [0, 0.05) is 12.5 Å². The van der Waals surface area contributed by atoms with Crippen molar-refractivity contribution in [2.45, 2.75) is 26.0 Å². The van der Waals surface area contributed by atoms with Gasteiger partial charge in [-0.05, 0) is 30.3 Å². The number of rotatable bonds is 1. The predicted molar refractivity (Wildman–Crippen MR) is 57.0 cm³/mol. The van der Waals surface area contributed by atoms with Crippen LogP contribution in [0, 0.1) is 11.8 Å². The van der Waals surface area contributed by atoms with Gasteiger partial charge in [-0.15, -0.1) is 0 Å². The maximum Gasteiger partial charge on any atom is 0.111 e. The molecule has 2 saturated heterocycles. The number of hydrogen-bond acceptors (Lipinski definition) is 3. The van der Waals surface area contributed by atoms with E-state index in [0.29, 0.717) is 12.1 Å². The Labute approximate surface area is 84.8 Å².